The normalized spacial score (nSPS) is 16.5. The van der Waals surface area contributed by atoms with Gasteiger partial charge in [0.1, 0.15) is 11.6 Å². The minimum Gasteiger partial charge on any atom is -0.481 e. The summed E-state index contributed by atoms with van der Waals surface area (Å²) in [4.78, 5) is 16.7. The lowest BCUT2D eigenvalue weighted by Crippen LogP contribution is -2.51. The van der Waals surface area contributed by atoms with Crippen LogP contribution in [0, 0.1) is 5.82 Å². The number of amides is 1. The van der Waals surface area contributed by atoms with E-state index in [1.165, 1.54) is 17.7 Å². The van der Waals surface area contributed by atoms with Crippen molar-refractivity contribution in [2.24, 2.45) is 0 Å². The third kappa shape index (κ3) is 4.79. The smallest absolute Gasteiger partial charge is 0.263 e. The maximum absolute atomic E-state index is 13.2. The molecule has 2 aromatic rings. The summed E-state index contributed by atoms with van der Waals surface area (Å²) < 4.78 is 18.8. The zero-order chi connectivity index (χ0) is 17.6. The topological polar surface area (TPSA) is 32.8 Å². The van der Waals surface area contributed by atoms with Crippen molar-refractivity contribution < 1.29 is 13.9 Å². The minimum atomic E-state index is -0.623. The SMILES string of the molecule is CC(Oc1cccc(F)c1)C(=O)N1CCN(Cc2ccccc2)CC1. The fraction of sp³-hybridized carbons (Fsp3) is 0.350. The van der Waals surface area contributed by atoms with Crippen molar-refractivity contribution in [3.63, 3.8) is 0 Å². The molecule has 2 aromatic carbocycles. The molecule has 0 saturated carbocycles. The molecule has 1 aliphatic heterocycles. The average Bonchev–Trinajstić information content (AvgIpc) is 2.62. The van der Waals surface area contributed by atoms with Crippen molar-refractivity contribution in [1.82, 2.24) is 9.80 Å². The maximum Gasteiger partial charge on any atom is 0.263 e. The summed E-state index contributed by atoms with van der Waals surface area (Å²) in [6, 6.07) is 16.2. The molecule has 4 nitrogen and oxygen atoms in total. The number of halogens is 1. The van der Waals surface area contributed by atoms with Gasteiger partial charge in [-0.2, -0.15) is 0 Å². The molecule has 1 fully saturated rings. The highest BCUT2D eigenvalue weighted by atomic mass is 19.1. The van der Waals surface area contributed by atoms with Crippen LogP contribution in [0.15, 0.2) is 54.6 Å². The van der Waals surface area contributed by atoms with E-state index in [2.05, 4.69) is 17.0 Å². The van der Waals surface area contributed by atoms with Gasteiger partial charge in [0.05, 0.1) is 0 Å². The van der Waals surface area contributed by atoms with E-state index < -0.39 is 6.10 Å². The third-order valence-corrected chi connectivity index (χ3v) is 4.39. The number of hydrogen-bond donors (Lipinski definition) is 0. The molecule has 132 valence electrons. The Morgan fingerprint density at radius 1 is 1.08 bits per heavy atom. The van der Waals surface area contributed by atoms with Crippen LogP contribution in [0.5, 0.6) is 5.75 Å². The van der Waals surface area contributed by atoms with Crippen LogP contribution in [0.25, 0.3) is 0 Å². The molecular weight excluding hydrogens is 319 g/mol. The van der Waals surface area contributed by atoms with Crippen molar-refractivity contribution in [1.29, 1.82) is 0 Å². The van der Waals surface area contributed by atoms with E-state index >= 15 is 0 Å². The highest BCUT2D eigenvalue weighted by Crippen LogP contribution is 2.16. The molecule has 5 heteroatoms. The molecule has 1 aliphatic rings. The number of ether oxygens (including phenoxy) is 1. The molecule has 0 spiro atoms. The molecule has 0 N–H and O–H groups in total. The number of carbonyl (C=O) groups is 1. The summed E-state index contributed by atoms with van der Waals surface area (Å²) >= 11 is 0. The number of nitrogens with zero attached hydrogens (tertiary/aromatic N) is 2. The molecule has 0 bridgehead atoms. The van der Waals surface area contributed by atoms with Gasteiger partial charge in [0, 0.05) is 38.8 Å². The standard InChI is InChI=1S/C20H23FN2O2/c1-16(25-19-9-5-8-18(21)14-19)20(24)23-12-10-22(11-13-23)15-17-6-3-2-4-7-17/h2-9,14,16H,10-13,15H2,1H3. The Hall–Kier alpha value is -2.40. The molecule has 1 heterocycles. The van der Waals surface area contributed by atoms with E-state index in [4.69, 9.17) is 4.74 Å². The average molecular weight is 342 g/mol. The largest absolute Gasteiger partial charge is 0.481 e. The van der Waals surface area contributed by atoms with E-state index in [9.17, 15) is 9.18 Å². The first kappa shape index (κ1) is 17.4. The van der Waals surface area contributed by atoms with Crippen LogP contribution in [-0.4, -0.2) is 48.0 Å². The van der Waals surface area contributed by atoms with Gasteiger partial charge in [-0.1, -0.05) is 36.4 Å². The second-order valence-corrected chi connectivity index (χ2v) is 6.30. The van der Waals surface area contributed by atoms with Crippen LogP contribution in [-0.2, 0) is 11.3 Å². The van der Waals surface area contributed by atoms with E-state index in [1.807, 2.05) is 23.1 Å². The second-order valence-electron chi connectivity index (χ2n) is 6.30. The summed E-state index contributed by atoms with van der Waals surface area (Å²) in [6.07, 6.45) is -0.623. The Morgan fingerprint density at radius 3 is 2.48 bits per heavy atom. The second kappa shape index (κ2) is 8.12. The molecule has 1 amide bonds. The first-order chi connectivity index (χ1) is 12.1. The van der Waals surface area contributed by atoms with E-state index in [0.717, 1.165) is 19.6 Å². The number of hydrogen-bond acceptors (Lipinski definition) is 3. The first-order valence-electron chi connectivity index (χ1n) is 8.59. The molecule has 25 heavy (non-hydrogen) atoms. The van der Waals surface area contributed by atoms with Crippen LogP contribution in [0.4, 0.5) is 4.39 Å². The van der Waals surface area contributed by atoms with Gasteiger partial charge in [-0.05, 0) is 24.6 Å². The molecule has 0 aromatic heterocycles. The highest BCUT2D eigenvalue weighted by Gasteiger charge is 2.26. The molecule has 0 aliphatic carbocycles. The number of benzene rings is 2. The molecule has 3 rings (SSSR count). The Labute approximate surface area is 147 Å². The van der Waals surface area contributed by atoms with Crippen molar-refractivity contribution in [3.8, 4) is 5.75 Å². The van der Waals surface area contributed by atoms with E-state index in [0.29, 0.717) is 18.8 Å². The summed E-state index contributed by atoms with van der Waals surface area (Å²) in [5.41, 5.74) is 1.28. The maximum atomic E-state index is 13.2. The Kier molecular flexibility index (Phi) is 5.66. The highest BCUT2D eigenvalue weighted by molar-refractivity contribution is 5.81. The lowest BCUT2D eigenvalue weighted by molar-refractivity contribution is -0.139. The third-order valence-electron chi connectivity index (χ3n) is 4.39. The van der Waals surface area contributed by atoms with Gasteiger partial charge >= 0.3 is 0 Å². The van der Waals surface area contributed by atoms with Crippen LogP contribution in [0.2, 0.25) is 0 Å². The van der Waals surface area contributed by atoms with Gasteiger partial charge in [0.15, 0.2) is 6.10 Å². The van der Waals surface area contributed by atoms with Crippen molar-refractivity contribution in [2.75, 3.05) is 26.2 Å². The van der Waals surface area contributed by atoms with Crippen molar-refractivity contribution in [3.05, 3.63) is 66.0 Å². The van der Waals surface area contributed by atoms with Crippen molar-refractivity contribution in [2.45, 2.75) is 19.6 Å². The molecule has 1 atom stereocenters. The first-order valence-corrected chi connectivity index (χ1v) is 8.59. The van der Waals surface area contributed by atoms with Gasteiger partial charge in [-0.3, -0.25) is 9.69 Å². The Balaban J connectivity index is 1.49. The fourth-order valence-corrected chi connectivity index (χ4v) is 3.02. The predicted octanol–water partition coefficient (Wildman–Crippen LogP) is 2.94. The minimum absolute atomic E-state index is 0.0522. The number of piperazine rings is 1. The fourth-order valence-electron chi connectivity index (χ4n) is 3.02. The summed E-state index contributed by atoms with van der Waals surface area (Å²) in [5, 5.41) is 0. The van der Waals surface area contributed by atoms with Crippen LogP contribution in [0.1, 0.15) is 12.5 Å². The molecule has 1 unspecified atom stereocenters. The Morgan fingerprint density at radius 2 is 1.80 bits per heavy atom. The quantitative estimate of drug-likeness (QED) is 0.838. The van der Waals surface area contributed by atoms with Crippen LogP contribution in [0.3, 0.4) is 0 Å². The van der Waals surface area contributed by atoms with E-state index in [-0.39, 0.29) is 11.7 Å². The van der Waals surface area contributed by atoms with Gasteiger partial charge in [0.25, 0.3) is 5.91 Å². The zero-order valence-electron chi connectivity index (χ0n) is 14.4. The summed E-state index contributed by atoms with van der Waals surface area (Å²) in [5.74, 6) is -0.0427. The van der Waals surface area contributed by atoms with Gasteiger partial charge in [0.2, 0.25) is 0 Å². The Bertz CT molecular complexity index is 700. The monoisotopic (exact) mass is 342 g/mol. The summed E-state index contributed by atoms with van der Waals surface area (Å²) in [6.45, 7) is 5.66. The molecule has 1 saturated heterocycles. The lowest BCUT2D eigenvalue weighted by atomic mass is 10.2. The van der Waals surface area contributed by atoms with Gasteiger partial charge in [-0.25, -0.2) is 4.39 Å². The number of carbonyl (C=O) groups excluding carboxylic acids is 1. The predicted molar refractivity (Wildman–Crippen MR) is 94.8 cm³/mol. The lowest BCUT2D eigenvalue weighted by Gasteiger charge is -2.35. The zero-order valence-corrected chi connectivity index (χ0v) is 14.4. The van der Waals surface area contributed by atoms with E-state index in [1.54, 1.807) is 19.1 Å². The summed E-state index contributed by atoms with van der Waals surface area (Å²) in [7, 11) is 0. The van der Waals surface area contributed by atoms with Gasteiger partial charge < -0.3 is 9.64 Å². The number of rotatable bonds is 5. The van der Waals surface area contributed by atoms with Crippen molar-refractivity contribution >= 4 is 5.91 Å². The van der Waals surface area contributed by atoms with Crippen LogP contribution < -0.4 is 4.74 Å². The molecule has 0 radical (unpaired) electrons. The van der Waals surface area contributed by atoms with Crippen LogP contribution >= 0.6 is 0 Å². The van der Waals surface area contributed by atoms with Gasteiger partial charge in [-0.15, -0.1) is 0 Å². The molecular formula is C20H23FN2O2.